The molecule has 0 radical (unpaired) electrons. The van der Waals surface area contributed by atoms with E-state index in [1.54, 1.807) is 205 Å². The fourth-order valence-electron chi connectivity index (χ4n) is 10.9. The first kappa shape index (κ1) is 132. The number of nitrogens with zero attached hydrogens (tertiary/aromatic N) is 2. The van der Waals surface area contributed by atoms with Gasteiger partial charge in [-0.15, -0.1) is 0 Å². The molecule has 40 heteroatoms. The largest absolute Gasteiger partial charge is 0.508 e. The molecule has 0 aliphatic carbocycles. The number of alkyl halides is 1. The first-order valence-electron chi connectivity index (χ1n) is 42.6. The summed E-state index contributed by atoms with van der Waals surface area (Å²) in [4.78, 5) is 59.8. The van der Waals surface area contributed by atoms with E-state index in [9.17, 15) is 61.6 Å². The van der Waals surface area contributed by atoms with Gasteiger partial charge in [0.2, 0.25) is 12.5 Å². The number of para-hydroxylation sites is 5. The second-order valence-electron chi connectivity index (χ2n) is 29.4. The minimum atomic E-state index is -3.35. The number of ether oxygens (including phenoxy) is 5. The summed E-state index contributed by atoms with van der Waals surface area (Å²) in [5, 5.41) is 42.3. The van der Waals surface area contributed by atoms with E-state index in [0.29, 0.717) is 79.0 Å². The Balaban J connectivity index is 0. The molecule has 29 nitrogen and oxygen atoms in total. The van der Waals surface area contributed by atoms with Gasteiger partial charge in [-0.2, -0.15) is 0 Å². The summed E-state index contributed by atoms with van der Waals surface area (Å²) in [6.07, 6.45) is 5.31. The maximum Gasteiger partial charge on any atom is 0.333 e. The van der Waals surface area contributed by atoms with E-state index < -0.39 is 77.8 Å². The Kier molecular flexibility index (Phi) is 67.6. The fraction of sp³-hybridized carbons (Fsp3) is 0.343. The summed E-state index contributed by atoms with van der Waals surface area (Å²) in [7, 11) is -4.71. The van der Waals surface area contributed by atoms with Gasteiger partial charge in [0.25, 0.3) is 0 Å². The number of nitrogens with two attached hydrogens (primary N) is 1. The van der Waals surface area contributed by atoms with Crippen LogP contribution in [0.5, 0.6) is 46.0 Å². The van der Waals surface area contributed by atoms with Gasteiger partial charge >= 0.3 is 59.1 Å². The Morgan fingerprint density at radius 1 is 0.374 bits per heavy atom. The number of aromatic hydroxyl groups is 4. The summed E-state index contributed by atoms with van der Waals surface area (Å²) < 4.78 is 119. The van der Waals surface area contributed by atoms with Gasteiger partial charge in [0.15, 0.2) is 0 Å². The second-order valence-corrected chi connectivity index (χ2v) is 50.5. The molecule has 0 fully saturated rings. The third kappa shape index (κ3) is 61.9. The molecule has 0 spiro atoms. The lowest BCUT2D eigenvalue weighted by molar-refractivity contribution is -0.148. The van der Waals surface area contributed by atoms with Crippen molar-refractivity contribution in [2.45, 2.75) is 131 Å². The fourth-order valence-corrected chi connectivity index (χ4v) is 16.2. The van der Waals surface area contributed by atoms with Gasteiger partial charge in [0.05, 0.1) is 33.0 Å². The number of phenolic OH excluding ortho intramolecular Hbond substituents is 4. The highest BCUT2D eigenvalue weighted by atomic mass is 79.9. The van der Waals surface area contributed by atoms with Gasteiger partial charge < -0.3 is 67.5 Å². The van der Waals surface area contributed by atoms with E-state index >= 15 is 0 Å². The van der Waals surface area contributed by atoms with Crippen LogP contribution in [0.4, 0.5) is 0 Å². The quantitative estimate of drug-likeness (QED) is 0.00625. The van der Waals surface area contributed by atoms with Gasteiger partial charge in [-0.25, -0.2) is 29.5 Å². The average Bonchev–Trinajstić information content (AvgIpc) is 0.805. The zero-order valence-corrected chi connectivity index (χ0v) is 88.5. The predicted molar refractivity (Wildman–Crippen MR) is 569 cm³/mol. The minimum absolute atomic E-state index is 0. The van der Waals surface area contributed by atoms with Crippen molar-refractivity contribution >= 4 is 133 Å². The Morgan fingerprint density at radius 3 is 0.993 bits per heavy atom. The maximum absolute atomic E-state index is 13.1. The van der Waals surface area contributed by atoms with Crippen LogP contribution in [0.15, 0.2) is 285 Å². The molecule has 0 saturated carbocycles. The molecule has 8 N–H and O–H groups in total. The van der Waals surface area contributed by atoms with Crippen molar-refractivity contribution in [3.8, 4) is 46.0 Å². The average molecular weight is 2190 g/mol. The van der Waals surface area contributed by atoms with Gasteiger partial charge in [-0.1, -0.05) is 253 Å². The zero-order chi connectivity index (χ0) is 102. The van der Waals surface area contributed by atoms with Gasteiger partial charge in [-0.05, 0) is 244 Å². The lowest BCUT2D eigenvalue weighted by Crippen LogP contribution is -2.39. The lowest BCUT2D eigenvalue weighted by Gasteiger charge is -2.31. The molecule has 0 heterocycles. The summed E-state index contributed by atoms with van der Waals surface area (Å²) in [5.41, 5.74) is 9.38. The number of unbranched alkanes of at least 4 members (excludes halogenated alkanes) is 2. The summed E-state index contributed by atoms with van der Waals surface area (Å²) in [6, 6.07) is 79.7. The molecule has 10 atom stereocenters. The van der Waals surface area contributed by atoms with E-state index in [-0.39, 0.29) is 75.5 Å². The Labute approximate surface area is 849 Å². The monoisotopic (exact) mass is 2190 g/mol. The number of rotatable bonds is 37. The smallest absolute Gasteiger partial charge is 0.333 e. The van der Waals surface area contributed by atoms with Gasteiger partial charge in [-0.3, -0.25) is 41.8 Å². The molecule has 0 aliphatic heterocycles. The molecule has 10 unspecified atom stereocenters. The molecular formula is C99H138BrCl4N5O24P6. The lowest BCUT2D eigenvalue weighted by atomic mass is 10.1. The Hall–Kier alpha value is -9.23. The van der Waals surface area contributed by atoms with Crippen LogP contribution in [-0.4, -0.2) is 171 Å². The summed E-state index contributed by atoms with van der Waals surface area (Å²) >= 11 is 24.3. The van der Waals surface area contributed by atoms with Gasteiger partial charge in [0, 0.05) is 40.0 Å². The molecular weight excluding hydrogens is 2050 g/mol. The minimum Gasteiger partial charge on any atom is -0.508 e. The number of esters is 5. The number of hydrogen-bond donors (Lipinski definition) is 7. The third-order valence-electron chi connectivity index (χ3n) is 17.4. The van der Waals surface area contributed by atoms with E-state index in [4.69, 9.17) is 102 Å². The number of benzene rings is 10. The molecule has 0 bridgehead atoms. The van der Waals surface area contributed by atoms with E-state index in [2.05, 4.69) is 33.3 Å². The van der Waals surface area contributed by atoms with Crippen molar-refractivity contribution in [2.24, 2.45) is 5.50 Å². The van der Waals surface area contributed by atoms with Crippen molar-refractivity contribution in [2.75, 3.05) is 94.2 Å². The normalized spacial score (nSPS) is 13.5. The van der Waals surface area contributed by atoms with Crippen molar-refractivity contribution < 1.29 is 114 Å². The van der Waals surface area contributed by atoms with E-state index in [1.807, 2.05) is 97.9 Å². The number of likely N-dealkylation sites (N-methyl/N-ethyl adjacent to an activating group) is 3. The number of hydrogen-bond acceptors (Lipinski definition) is 25. The first-order chi connectivity index (χ1) is 64.1. The molecule has 0 saturated heterocycles. The molecule has 139 heavy (non-hydrogen) atoms. The molecule has 0 aliphatic rings. The SMILES string of the molecule is C.C.C.CCCCOC(=O)C(Br)Cc1ccccc1.CCCCOC(=O)C(Cc1ccccc1)NP(C)(=O)Oc1ccccc1.CCOC(=O)C(Cc1ccc(O)cc1)NC.CCOC(=O)C(c1ccc(O)cc1)N(C)P(C)(=O)Cl.CCOC(=O)C(c1ccc(O)cc1)N(C)P(C)(=O)Oc1ccccc1.CP(=O)(Cl)Cl.CP(=O)(Cl)Oc1ccccc1.CP(N)(=O)Oc1ccccc1.Oc1ccccc1. The van der Waals surface area contributed by atoms with Gasteiger partial charge in [0.1, 0.15) is 75.0 Å². The second kappa shape index (κ2) is 71.2. The summed E-state index contributed by atoms with van der Waals surface area (Å²) in [5.74, 6) is -1.87. The molecule has 0 amide bonds. The molecule has 10 rings (SSSR count). The van der Waals surface area contributed by atoms with E-state index in [1.165, 1.54) is 80.6 Å². The van der Waals surface area contributed by atoms with Crippen molar-refractivity contribution in [1.82, 2.24) is 19.7 Å². The highest BCUT2D eigenvalue weighted by molar-refractivity contribution is 9.10. The highest BCUT2D eigenvalue weighted by Gasteiger charge is 2.38. The zero-order valence-electron chi connectivity index (χ0n) is 78.5. The predicted octanol–water partition coefficient (Wildman–Crippen LogP) is 26.2. The molecule has 10 aromatic rings. The first-order valence-corrected chi connectivity index (χ1v) is 59.8. The maximum atomic E-state index is 13.1. The van der Waals surface area contributed by atoms with Crippen LogP contribution in [0.2, 0.25) is 0 Å². The molecule has 768 valence electrons. The number of halogens is 5. The van der Waals surface area contributed by atoms with Crippen LogP contribution >= 0.6 is 103 Å². The van der Waals surface area contributed by atoms with Crippen molar-refractivity contribution in [1.29, 1.82) is 0 Å². The van der Waals surface area contributed by atoms with Crippen LogP contribution in [-0.2, 0) is 94.3 Å². The van der Waals surface area contributed by atoms with Crippen molar-refractivity contribution in [3.63, 3.8) is 0 Å². The topological polar surface area (TPSA) is 408 Å². The number of phenols is 4. The van der Waals surface area contributed by atoms with Crippen LogP contribution in [0.25, 0.3) is 0 Å². The van der Waals surface area contributed by atoms with Crippen LogP contribution < -0.4 is 34.0 Å². The van der Waals surface area contributed by atoms with E-state index in [0.717, 1.165) is 42.4 Å². The standard InChI is InChI=1S/C20H26NO4P.C18H22NO5P.C13H17BrO2.C12H17ClNO4P.C12H17NO3.C7H8ClO2P.C7H10NO2P.C6H6O.CH3Cl2OP.3CH4/c1-3-4-15-24-20(22)19(16-17-11-7-5-8-12-17)21-26(2,23)25-18-13-9-6-10-14-18;1-4-23-18(21)17(14-10-12-15(20)13-11-14)19(2)25(3,22)24-16-8-6-5-7-9-16;1-2-3-9-16-13(15)12(14)10-11-7-5-4-6-8-11;1-4-18-12(16)11(14(2)19(3,13)17)9-5-7-10(15)8-6-9;1-3-16-12(15)11(13-2)8-9-4-6-10(14)7-5-9;2*1-11(8,9)10-7-5-3-2-4-6-7;7-6-4-2-1-3-5-6;1-5(2,3)4;;;/h5-14,19H,3-4,15-16H2,1-2H3,(H,21,23);5-13,17,20H,4H2,1-3H3;4-8,12H,2-3,9-10H2,1H3;5-8,11,15H,4H2,1-3H3;4-7,11,13-14H,3,8H2,1-2H3;2-6H,1H3;2-6H,1H3,(H2,8,9);1-5,7H;1H3;3*1H4. The Morgan fingerprint density at radius 2 is 0.662 bits per heavy atom. The molecule has 10 aromatic carbocycles. The van der Waals surface area contributed by atoms with Crippen LogP contribution in [0.1, 0.15) is 122 Å². The van der Waals surface area contributed by atoms with Crippen LogP contribution in [0, 0.1) is 0 Å². The van der Waals surface area contributed by atoms with Crippen LogP contribution in [0.3, 0.4) is 0 Å². The number of carbonyl (C=O) groups is 5. The number of nitrogens with one attached hydrogen (secondary N) is 2. The summed E-state index contributed by atoms with van der Waals surface area (Å²) in [6.45, 7) is 13.2. The Bertz CT molecular complexity index is 5270. The number of carbonyl (C=O) groups excluding carboxylic acids is 5. The molecule has 0 aromatic heterocycles. The third-order valence-corrected chi connectivity index (χ3v) is 24.8. The van der Waals surface area contributed by atoms with Crippen molar-refractivity contribution in [3.05, 3.63) is 313 Å². The highest BCUT2D eigenvalue weighted by Crippen LogP contribution is 2.55.